The third-order valence-corrected chi connectivity index (χ3v) is 5.64. The van der Waals surface area contributed by atoms with Gasteiger partial charge < -0.3 is 20.3 Å². The Morgan fingerprint density at radius 1 is 1.10 bits per heavy atom. The van der Waals surface area contributed by atoms with Gasteiger partial charge in [-0.05, 0) is 30.0 Å². The highest BCUT2D eigenvalue weighted by atomic mass is 16.5. The summed E-state index contributed by atoms with van der Waals surface area (Å²) in [5.41, 5.74) is 8.72. The standard InChI is InChI=1S/C24H31N3O3/c1-3-12-26-13-14-27(23(28)16-25)17-19(24(26)29)15-18-8-4-5-9-20(18)21-10-6-7-11-22(21)30-2/h4-11,19H,3,12-17,25H2,1-2H3/t19-/m0/s1. The number of ether oxygens (including phenoxy) is 1. The van der Waals surface area contributed by atoms with Gasteiger partial charge in [0.1, 0.15) is 5.75 Å². The molecule has 1 aliphatic rings. The number of nitrogens with two attached hydrogens (primary N) is 1. The van der Waals surface area contributed by atoms with Crippen LogP contribution < -0.4 is 10.5 Å². The lowest BCUT2D eigenvalue weighted by Gasteiger charge is -2.24. The number of para-hydroxylation sites is 1. The molecule has 2 aromatic rings. The van der Waals surface area contributed by atoms with Crippen molar-refractivity contribution < 1.29 is 14.3 Å². The summed E-state index contributed by atoms with van der Waals surface area (Å²) in [5, 5.41) is 0. The van der Waals surface area contributed by atoms with Gasteiger partial charge in [-0.25, -0.2) is 0 Å². The topological polar surface area (TPSA) is 75.9 Å². The summed E-state index contributed by atoms with van der Waals surface area (Å²) >= 11 is 0. The summed E-state index contributed by atoms with van der Waals surface area (Å²) in [6, 6.07) is 16.0. The van der Waals surface area contributed by atoms with E-state index in [-0.39, 0.29) is 24.3 Å². The summed E-state index contributed by atoms with van der Waals surface area (Å²) in [5.74, 6) is 0.498. The molecule has 1 atom stereocenters. The molecule has 1 saturated heterocycles. The molecule has 2 aromatic carbocycles. The van der Waals surface area contributed by atoms with E-state index in [2.05, 4.69) is 19.1 Å². The van der Waals surface area contributed by atoms with Crippen LogP contribution in [0.3, 0.4) is 0 Å². The third-order valence-electron chi connectivity index (χ3n) is 5.64. The second-order valence-corrected chi connectivity index (χ2v) is 7.63. The highest BCUT2D eigenvalue weighted by molar-refractivity contribution is 5.83. The highest BCUT2D eigenvalue weighted by Gasteiger charge is 2.32. The number of hydrogen-bond acceptors (Lipinski definition) is 4. The molecule has 0 unspecified atom stereocenters. The van der Waals surface area contributed by atoms with E-state index >= 15 is 0 Å². The number of carbonyl (C=O) groups is 2. The number of carbonyl (C=O) groups excluding carboxylic acids is 2. The van der Waals surface area contributed by atoms with Gasteiger partial charge in [0, 0.05) is 31.7 Å². The zero-order chi connectivity index (χ0) is 21.5. The van der Waals surface area contributed by atoms with Crippen molar-refractivity contribution in [1.29, 1.82) is 0 Å². The molecule has 160 valence electrons. The van der Waals surface area contributed by atoms with Crippen molar-refractivity contribution >= 4 is 11.8 Å². The molecule has 6 heteroatoms. The zero-order valence-corrected chi connectivity index (χ0v) is 17.8. The minimum Gasteiger partial charge on any atom is -0.496 e. The SMILES string of the molecule is CCCN1CCN(C(=O)CN)C[C@H](Cc2ccccc2-c2ccccc2OC)C1=O. The van der Waals surface area contributed by atoms with Gasteiger partial charge in [0.05, 0.1) is 19.6 Å². The van der Waals surface area contributed by atoms with Crippen LogP contribution in [0.2, 0.25) is 0 Å². The summed E-state index contributed by atoms with van der Waals surface area (Å²) in [4.78, 5) is 29.2. The maximum Gasteiger partial charge on any atom is 0.236 e. The second-order valence-electron chi connectivity index (χ2n) is 7.63. The molecule has 1 heterocycles. The molecule has 0 spiro atoms. The van der Waals surface area contributed by atoms with Crippen LogP contribution in [0, 0.1) is 5.92 Å². The summed E-state index contributed by atoms with van der Waals surface area (Å²) in [7, 11) is 1.66. The first-order valence-corrected chi connectivity index (χ1v) is 10.6. The quantitative estimate of drug-likeness (QED) is 0.763. The van der Waals surface area contributed by atoms with E-state index in [0.717, 1.165) is 28.9 Å². The monoisotopic (exact) mass is 409 g/mol. The van der Waals surface area contributed by atoms with Crippen molar-refractivity contribution in [3.05, 3.63) is 54.1 Å². The van der Waals surface area contributed by atoms with Crippen molar-refractivity contribution in [3.8, 4) is 16.9 Å². The lowest BCUT2D eigenvalue weighted by Crippen LogP contribution is -2.40. The van der Waals surface area contributed by atoms with Gasteiger partial charge in [-0.15, -0.1) is 0 Å². The molecule has 0 bridgehead atoms. The largest absolute Gasteiger partial charge is 0.496 e. The molecule has 0 saturated carbocycles. The van der Waals surface area contributed by atoms with Crippen molar-refractivity contribution in [2.24, 2.45) is 11.7 Å². The molecule has 1 aliphatic heterocycles. The Hall–Kier alpha value is -2.86. The molecule has 1 fully saturated rings. The van der Waals surface area contributed by atoms with Gasteiger partial charge >= 0.3 is 0 Å². The third kappa shape index (κ3) is 4.82. The van der Waals surface area contributed by atoms with E-state index in [1.807, 2.05) is 41.3 Å². The van der Waals surface area contributed by atoms with Crippen LogP contribution in [0.25, 0.3) is 11.1 Å². The molecule has 30 heavy (non-hydrogen) atoms. The number of rotatable bonds is 7. The van der Waals surface area contributed by atoms with Gasteiger partial charge in [0.25, 0.3) is 0 Å². The van der Waals surface area contributed by atoms with E-state index in [4.69, 9.17) is 10.5 Å². The van der Waals surface area contributed by atoms with E-state index in [9.17, 15) is 9.59 Å². The minimum absolute atomic E-state index is 0.0352. The predicted octanol–water partition coefficient (Wildman–Crippen LogP) is 2.56. The van der Waals surface area contributed by atoms with Crippen LogP contribution in [0.15, 0.2) is 48.5 Å². The zero-order valence-electron chi connectivity index (χ0n) is 17.8. The van der Waals surface area contributed by atoms with E-state index in [1.165, 1.54) is 0 Å². The Kier molecular flexibility index (Phi) is 7.46. The number of amides is 2. The van der Waals surface area contributed by atoms with E-state index in [1.54, 1.807) is 12.0 Å². The summed E-state index contributed by atoms with van der Waals surface area (Å²) in [6.07, 6.45) is 1.45. The fourth-order valence-electron chi connectivity index (χ4n) is 4.14. The van der Waals surface area contributed by atoms with Gasteiger partial charge in [0.15, 0.2) is 0 Å². The smallest absolute Gasteiger partial charge is 0.236 e. The van der Waals surface area contributed by atoms with Crippen molar-refractivity contribution in [1.82, 2.24) is 9.80 Å². The van der Waals surface area contributed by atoms with Crippen molar-refractivity contribution in [3.63, 3.8) is 0 Å². The van der Waals surface area contributed by atoms with Crippen LogP contribution in [-0.2, 0) is 16.0 Å². The van der Waals surface area contributed by atoms with Gasteiger partial charge in [0.2, 0.25) is 11.8 Å². The number of benzene rings is 2. The molecule has 2 amide bonds. The fraction of sp³-hybridized carbons (Fsp3) is 0.417. The second kappa shape index (κ2) is 10.3. The Morgan fingerprint density at radius 2 is 1.80 bits per heavy atom. The van der Waals surface area contributed by atoms with E-state index in [0.29, 0.717) is 32.6 Å². The normalized spacial score (nSPS) is 17.0. The molecule has 0 aliphatic carbocycles. The Bertz CT molecular complexity index is 884. The van der Waals surface area contributed by atoms with Gasteiger partial charge in [-0.2, -0.15) is 0 Å². The van der Waals surface area contributed by atoms with Crippen LogP contribution >= 0.6 is 0 Å². The minimum atomic E-state index is -0.301. The van der Waals surface area contributed by atoms with Crippen LogP contribution in [0.4, 0.5) is 0 Å². The first-order chi connectivity index (χ1) is 14.6. The molecule has 6 nitrogen and oxygen atoms in total. The first kappa shape index (κ1) is 21.8. The average molecular weight is 410 g/mol. The molecule has 0 radical (unpaired) electrons. The first-order valence-electron chi connectivity index (χ1n) is 10.6. The Labute approximate surface area is 178 Å². The summed E-state index contributed by atoms with van der Waals surface area (Å²) in [6.45, 7) is 4.22. The van der Waals surface area contributed by atoms with E-state index < -0.39 is 0 Å². The molecular formula is C24H31N3O3. The maximum absolute atomic E-state index is 13.3. The number of hydrogen-bond donors (Lipinski definition) is 1. The lowest BCUT2D eigenvalue weighted by molar-refractivity contribution is -0.134. The van der Waals surface area contributed by atoms with Gasteiger partial charge in [-0.3, -0.25) is 9.59 Å². The Morgan fingerprint density at radius 3 is 2.50 bits per heavy atom. The predicted molar refractivity (Wildman–Crippen MR) is 118 cm³/mol. The average Bonchev–Trinajstić information content (AvgIpc) is 2.93. The maximum atomic E-state index is 13.3. The molecule has 2 N–H and O–H groups in total. The van der Waals surface area contributed by atoms with Crippen LogP contribution in [-0.4, -0.2) is 61.4 Å². The number of methoxy groups -OCH3 is 1. The lowest BCUT2D eigenvalue weighted by atomic mass is 9.91. The van der Waals surface area contributed by atoms with Crippen molar-refractivity contribution in [2.45, 2.75) is 19.8 Å². The van der Waals surface area contributed by atoms with Crippen LogP contribution in [0.5, 0.6) is 5.75 Å². The summed E-state index contributed by atoms with van der Waals surface area (Å²) < 4.78 is 5.56. The fourth-order valence-corrected chi connectivity index (χ4v) is 4.14. The Balaban J connectivity index is 1.94. The van der Waals surface area contributed by atoms with Crippen LogP contribution in [0.1, 0.15) is 18.9 Å². The van der Waals surface area contributed by atoms with Gasteiger partial charge in [-0.1, -0.05) is 49.4 Å². The molecule has 3 rings (SSSR count). The van der Waals surface area contributed by atoms with Crippen molar-refractivity contribution in [2.75, 3.05) is 39.8 Å². The molecule has 0 aromatic heterocycles. The molecular weight excluding hydrogens is 378 g/mol. The highest BCUT2D eigenvalue weighted by Crippen LogP contribution is 2.33. The number of nitrogens with zero attached hydrogens (tertiary/aromatic N) is 2.